The molecule has 6 nitrogen and oxygen atoms in total. The number of hydrogen-bond acceptors (Lipinski definition) is 6. The molecule has 0 aromatic heterocycles. The van der Waals surface area contributed by atoms with Crippen LogP contribution >= 0.6 is 0 Å². The lowest BCUT2D eigenvalue weighted by molar-refractivity contribution is 0.154. The molecule has 0 unspecified atom stereocenters. The summed E-state index contributed by atoms with van der Waals surface area (Å²) in [6, 6.07) is 12.0. The van der Waals surface area contributed by atoms with E-state index in [4.69, 9.17) is 18.9 Å². The third kappa shape index (κ3) is 10.4. The number of nitrogens with zero attached hydrogens (tertiary/aromatic N) is 1. The average Bonchev–Trinajstić information content (AvgIpc) is 2.80. The summed E-state index contributed by atoms with van der Waals surface area (Å²) in [6.45, 7) is 8.98. The standard InChI is InChI=1S/C27H37NO5/c1-5-6-14-32-26-18-22(2)27(23(3)19-26)33-16-9-7-8-15-31-25-12-10-11-24(20-25)21-30-17-13-28-29-4/h5-6,10-13,18-20H,7-9,14-17,21H2,1-4H3/b6-5+,28-13+. The molecule has 6 heteroatoms. The molecule has 0 aliphatic rings. The molecule has 0 radical (unpaired) electrons. The molecular formula is C27H37NO5. The van der Waals surface area contributed by atoms with Crippen molar-refractivity contribution in [2.45, 2.75) is 46.6 Å². The molecule has 0 spiro atoms. The lowest BCUT2D eigenvalue weighted by Crippen LogP contribution is -2.04. The van der Waals surface area contributed by atoms with Crippen molar-refractivity contribution in [3.63, 3.8) is 0 Å². The Morgan fingerprint density at radius 1 is 0.848 bits per heavy atom. The highest BCUT2D eigenvalue weighted by Crippen LogP contribution is 2.28. The highest BCUT2D eigenvalue weighted by atomic mass is 16.6. The van der Waals surface area contributed by atoms with E-state index in [9.17, 15) is 0 Å². The van der Waals surface area contributed by atoms with E-state index in [-0.39, 0.29) is 0 Å². The van der Waals surface area contributed by atoms with Crippen LogP contribution in [0.4, 0.5) is 0 Å². The molecule has 0 fully saturated rings. The van der Waals surface area contributed by atoms with Crippen molar-refractivity contribution < 1.29 is 23.8 Å². The van der Waals surface area contributed by atoms with Gasteiger partial charge in [-0.25, -0.2) is 0 Å². The van der Waals surface area contributed by atoms with E-state index in [2.05, 4.69) is 23.8 Å². The average molecular weight is 456 g/mol. The maximum Gasteiger partial charge on any atom is 0.125 e. The molecule has 180 valence electrons. The van der Waals surface area contributed by atoms with Crippen LogP contribution in [0.5, 0.6) is 17.2 Å². The van der Waals surface area contributed by atoms with E-state index in [1.807, 2.05) is 55.5 Å². The van der Waals surface area contributed by atoms with Crippen LogP contribution in [-0.4, -0.2) is 39.8 Å². The Bertz CT molecular complexity index is 856. The molecule has 0 bridgehead atoms. The number of oxime groups is 1. The molecule has 33 heavy (non-hydrogen) atoms. The number of allylic oxidation sites excluding steroid dienone is 1. The summed E-state index contributed by atoms with van der Waals surface area (Å²) in [4.78, 5) is 4.60. The van der Waals surface area contributed by atoms with Gasteiger partial charge in [0.1, 0.15) is 31.0 Å². The fourth-order valence-corrected chi connectivity index (χ4v) is 3.27. The van der Waals surface area contributed by atoms with Crippen LogP contribution in [0.3, 0.4) is 0 Å². The van der Waals surface area contributed by atoms with E-state index in [1.165, 1.54) is 7.11 Å². The van der Waals surface area contributed by atoms with Crippen molar-refractivity contribution in [1.29, 1.82) is 0 Å². The smallest absolute Gasteiger partial charge is 0.125 e. The predicted molar refractivity (Wildman–Crippen MR) is 133 cm³/mol. The first-order chi connectivity index (χ1) is 16.1. The van der Waals surface area contributed by atoms with Crippen LogP contribution in [0.25, 0.3) is 0 Å². The van der Waals surface area contributed by atoms with Crippen molar-refractivity contribution in [2.24, 2.45) is 5.16 Å². The van der Waals surface area contributed by atoms with Gasteiger partial charge in [-0.15, -0.1) is 0 Å². The van der Waals surface area contributed by atoms with Crippen LogP contribution in [0, 0.1) is 13.8 Å². The van der Waals surface area contributed by atoms with Gasteiger partial charge >= 0.3 is 0 Å². The first kappa shape index (κ1) is 26.3. The number of ether oxygens (including phenoxy) is 4. The Labute approximate surface area is 198 Å². The molecule has 2 rings (SSSR count). The second kappa shape index (κ2) is 15.8. The van der Waals surface area contributed by atoms with Crippen molar-refractivity contribution >= 4 is 6.21 Å². The van der Waals surface area contributed by atoms with Crippen molar-refractivity contribution in [1.82, 2.24) is 0 Å². The number of aryl methyl sites for hydroxylation is 2. The van der Waals surface area contributed by atoms with E-state index < -0.39 is 0 Å². The van der Waals surface area contributed by atoms with Crippen LogP contribution in [-0.2, 0) is 16.2 Å². The normalized spacial score (nSPS) is 11.3. The summed E-state index contributed by atoms with van der Waals surface area (Å²) in [6.07, 6.45) is 8.57. The van der Waals surface area contributed by atoms with Crippen LogP contribution < -0.4 is 14.2 Å². The van der Waals surface area contributed by atoms with Crippen molar-refractivity contribution in [3.05, 3.63) is 65.2 Å². The third-order valence-electron chi connectivity index (χ3n) is 4.86. The maximum atomic E-state index is 6.05. The summed E-state index contributed by atoms with van der Waals surface area (Å²) in [5, 5.41) is 3.64. The predicted octanol–water partition coefficient (Wildman–Crippen LogP) is 6.04. The van der Waals surface area contributed by atoms with Gasteiger partial charge in [0.25, 0.3) is 0 Å². The summed E-state index contributed by atoms with van der Waals surface area (Å²) in [5.41, 5.74) is 3.27. The second-order valence-corrected chi connectivity index (χ2v) is 7.66. The fraction of sp³-hybridized carbons (Fsp3) is 0.444. The molecular weight excluding hydrogens is 418 g/mol. The topological polar surface area (TPSA) is 58.5 Å². The molecule has 2 aromatic carbocycles. The van der Waals surface area contributed by atoms with Crippen molar-refractivity contribution in [2.75, 3.05) is 33.5 Å². The molecule has 0 aliphatic heterocycles. The number of hydrogen-bond donors (Lipinski definition) is 0. The maximum absolute atomic E-state index is 6.05. The van der Waals surface area contributed by atoms with Gasteiger partial charge in [0, 0.05) is 0 Å². The fourth-order valence-electron chi connectivity index (χ4n) is 3.27. The Hall–Kier alpha value is -2.99. The minimum atomic E-state index is 0.411. The lowest BCUT2D eigenvalue weighted by Gasteiger charge is -2.14. The SMILES string of the molecule is C/C=C/COc1cc(C)c(OCCCCCOc2cccc(COC/C=N/OC)c2)c(C)c1. The zero-order valence-electron chi connectivity index (χ0n) is 20.3. The Morgan fingerprint density at radius 3 is 2.33 bits per heavy atom. The number of rotatable bonds is 16. The van der Waals surface area contributed by atoms with Gasteiger partial charge < -0.3 is 23.8 Å². The van der Waals surface area contributed by atoms with E-state index >= 15 is 0 Å². The van der Waals surface area contributed by atoms with Gasteiger partial charge in [-0.05, 0) is 81.0 Å². The quantitative estimate of drug-likeness (QED) is 0.134. The Balaban J connectivity index is 1.63. The molecule has 0 amide bonds. The van der Waals surface area contributed by atoms with E-state index in [0.717, 1.165) is 53.2 Å². The van der Waals surface area contributed by atoms with Gasteiger partial charge in [0.15, 0.2) is 0 Å². The Morgan fingerprint density at radius 2 is 1.61 bits per heavy atom. The van der Waals surface area contributed by atoms with Gasteiger partial charge in [-0.2, -0.15) is 0 Å². The molecule has 0 atom stereocenters. The minimum absolute atomic E-state index is 0.411. The molecule has 0 saturated heterocycles. The summed E-state index contributed by atoms with van der Waals surface area (Å²) >= 11 is 0. The van der Waals surface area contributed by atoms with Gasteiger partial charge in [0.05, 0.1) is 32.6 Å². The van der Waals surface area contributed by atoms with E-state index in [0.29, 0.717) is 33.0 Å². The number of benzene rings is 2. The molecule has 2 aromatic rings. The van der Waals surface area contributed by atoms with Gasteiger partial charge in [-0.1, -0.05) is 29.4 Å². The molecule has 0 heterocycles. The minimum Gasteiger partial charge on any atom is -0.494 e. The Kier molecular flexibility index (Phi) is 12.5. The molecule has 0 N–H and O–H groups in total. The first-order valence-corrected chi connectivity index (χ1v) is 11.5. The van der Waals surface area contributed by atoms with Crippen LogP contribution in [0.1, 0.15) is 42.9 Å². The first-order valence-electron chi connectivity index (χ1n) is 11.5. The van der Waals surface area contributed by atoms with Crippen LogP contribution in [0.15, 0.2) is 53.7 Å². The summed E-state index contributed by atoms with van der Waals surface area (Å²) in [5.74, 6) is 2.70. The van der Waals surface area contributed by atoms with E-state index in [1.54, 1.807) is 6.21 Å². The zero-order valence-corrected chi connectivity index (χ0v) is 20.3. The second-order valence-electron chi connectivity index (χ2n) is 7.66. The highest BCUT2D eigenvalue weighted by molar-refractivity contribution is 5.57. The van der Waals surface area contributed by atoms with Gasteiger partial charge in [0.2, 0.25) is 0 Å². The molecule has 0 saturated carbocycles. The van der Waals surface area contributed by atoms with Crippen LogP contribution in [0.2, 0.25) is 0 Å². The lowest BCUT2D eigenvalue weighted by atomic mass is 10.1. The molecule has 0 aliphatic carbocycles. The highest BCUT2D eigenvalue weighted by Gasteiger charge is 2.07. The third-order valence-corrected chi connectivity index (χ3v) is 4.86. The van der Waals surface area contributed by atoms with Gasteiger partial charge in [-0.3, -0.25) is 0 Å². The monoisotopic (exact) mass is 455 g/mol. The zero-order chi connectivity index (χ0) is 23.7. The summed E-state index contributed by atoms with van der Waals surface area (Å²) < 4.78 is 23.2. The number of unbranched alkanes of at least 4 members (excludes halogenated alkanes) is 2. The largest absolute Gasteiger partial charge is 0.494 e. The van der Waals surface area contributed by atoms with Crippen molar-refractivity contribution in [3.8, 4) is 17.2 Å². The summed E-state index contributed by atoms with van der Waals surface area (Å²) in [7, 11) is 1.51.